The summed E-state index contributed by atoms with van der Waals surface area (Å²) < 4.78 is 76.0. The van der Waals surface area contributed by atoms with Crippen molar-refractivity contribution in [1.29, 1.82) is 0 Å². The zero-order valence-electron chi connectivity index (χ0n) is 12.8. The monoisotopic (exact) mass is 365 g/mol. The third kappa shape index (κ3) is 3.84. The van der Waals surface area contributed by atoms with Crippen LogP contribution in [0.3, 0.4) is 0 Å². The van der Waals surface area contributed by atoms with Crippen molar-refractivity contribution in [3.63, 3.8) is 0 Å². The van der Waals surface area contributed by atoms with Crippen LogP contribution in [0.15, 0.2) is 23.1 Å². The molecule has 1 unspecified atom stereocenters. The van der Waals surface area contributed by atoms with Crippen molar-refractivity contribution < 1.29 is 31.1 Å². The minimum Gasteiger partial charge on any atom is -0.492 e. The smallest absolute Gasteiger partial charge is 0.265 e. The van der Waals surface area contributed by atoms with Gasteiger partial charge in [-0.05, 0) is 37.0 Å². The van der Waals surface area contributed by atoms with Gasteiger partial charge in [0.1, 0.15) is 22.6 Å². The SMILES string of the molecule is O=S(=O)(c1cc(F)ccc1OCC1CC1)N1CCOC(C(F)F)C1. The molecule has 2 fully saturated rings. The fraction of sp³-hybridized carbons (Fsp3) is 0.600. The second-order valence-electron chi connectivity index (χ2n) is 5.95. The molecule has 0 bridgehead atoms. The summed E-state index contributed by atoms with van der Waals surface area (Å²) in [5.41, 5.74) is 0. The Hall–Kier alpha value is -1.32. The molecule has 1 atom stereocenters. The first kappa shape index (κ1) is 17.5. The van der Waals surface area contributed by atoms with E-state index in [1.165, 1.54) is 6.07 Å². The number of hydrogen-bond acceptors (Lipinski definition) is 4. The van der Waals surface area contributed by atoms with Crippen molar-refractivity contribution >= 4 is 10.0 Å². The Morgan fingerprint density at radius 2 is 2.08 bits per heavy atom. The van der Waals surface area contributed by atoms with E-state index in [0.717, 1.165) is 29.3 Å². The van der Waals surface area contributed by atoms with E-state index in [2.05, 4.69) is 0 Å². The van der Waals surface area contributed by atoms with Crippen LogP contribution in [0.4, 0.5) is 13.2 Å². The first-order chi connectivity index (χ1) is 11.4. The molecule has 1 aliphatic carbocycles. The summed E-state index contributed by atoms with van der Waals surface area (Å²) in [6.45, 7) is -0.318. The van der Waals surface area contributed by atoms with Gasteiger partial charge in [-0.15, -0.1) is 0 Å². The molecule has 5 nitrogen and oxygen atoms in total. The Labute approximate surface area is 138 Å². The van der Waals surface area contributed by atoms with E-state index in [9.17, 15) is 21.6 Å². The number of benzene rings is 1. The molecular formula is C15H18F3NO4S. The highest BCUT2D eigenvalue weighted by molar-refractivity contribution is 7.89. The Kier molecular flexibility index (Phi) is 5.03. The topological polar surface area (TPSA) is 55.8 Å². The minimum absolute atomic E-state index is 0.0448. The molecule has 0 radical (unpaired) electrons. The molecule has 1 aromatic rings. The summed E-state index contributed by atoms with van der Waals surface area (Å²) in [6.07, 6.45) is -2.25. The predicted molar refractivity (Wildman–Crippen MR) is 79.1 cm³/mol. The van der Waals surface area contributed by atoms with Crippen LogP contribution in [0.1, 0.15) is 12.8 Å². The van der Waals surface area contributed by atoms with Crippen LogP contribution in [0.5, 0.6) is 5.75 Å². The highest BCUT2D eigenvalue weighted by Crippen LogP contribution is 2.33. The van der Waals surface area contributed by atoms with E-state index < -0.39 is 34.9 Å². The van der Waals surface area contributed by atoms with Gasteiger partial charge in [-0.1, -0.05) is 0 Å². The molecule has 134 valence electrons. The molecule has 0 N–H and O–H groups in total. The Morgan fingerprint density at radius 3 is 2.75 bits per heavy atom. The molecule has 24 heavy (non-hydrogen) atoms. The van der Waals surface area contributed by atoms with Gasteiger partial charge in [0.15, 0.2) is 0 Å². The Bertz CT molecular complexity index is 694. The van der Waals surface area contributed by atoms with Crippen molar-refractivity contribution in [2.75, 3.05) is 26.3 Å². The van der Waals surface area contributed by atoms with Crippen LogP contribution in [0.25, 0.3) is 0 Å². The highest BCUT2D eigenvalue weighted by atomic mass is 32.2. The Balaban J connectivity index is 1.86. The number of ether oxygens (including phenoxy) is 2. The van der Waals surface area contributed by atoms with Crippen LogP contribution in [-0.2, 0) is 14.8 Å². The second kappa shape index (κ2) is 6.89. The van der Waals surface area contributed by atoms with E-state index in [4.69, 9.17) is 9.47 Å². The number of nitrogens with zero attached hydrogens (tertiary/aromatic N) is 1. The average Bonchev–Trinajstić information content (AvgIpc) is 3.38. The van der Waals surface area contributed by atoms with Crippen LogP contribution in [-0.4, -0.2) is 51.6 Å². The van der Waals surface area contributed by atoms with E-state index in [1.807, 2.05) is 0 Å². The molecule has 0 amide bonds. The summed E-state index contributed by atoms with van der Waals surface area (Å²) in [5, 5.41) is 0. The van der Waals surface area contributed by atoms with Gasteiger partial charge >= 0.3 is 0 Å². The Morgan fingerprint density at radius 1 is 1.33 bits per heavy atom. The van der Waals surface area contributed by atoms with Crippen molar-refractivity contribution in [3.05, 3.63) is 24.0 Å². The normalized spacial score (nSPS) is 22.8. The van der Waals surface area contributed by atoms with Crippen LogP contribution in [0.2, 0.25) is 0 Å². The third-order valence-electron chi connectivity index (χ3n) is 4.03. The van der Waals surface area contributed by atoms with Crippen LogP contribution in [0, 0.1) is 11.7 Å². The van der Waals surface area contributed by atoms with E-state index in [0.29, 0.717) is 12.5 Å². The molecule has 9 heteroatoms. The van der Waals surface area contributed by atoms with E-state index in [1.54, 1.807) is 0 Å². The van der Waals surface area contributed by atoms with Gasteiger partial charge in [0.05, 0.1) is 13.2 Å². The first-order valence-electron chi connectivity index (χ1n) is 7.70. The number of morpholine rings is 1. The summed E-state index contributed by atoms with van der Waals surface area (Å²) in [6, 6.07) is 3.24. The molecule has 0 spiro atoms. The van der Waals surface area contributed by atoms with Gasteiger partial charge < -0.3 is 9.47 Å². The summed E-state index contributed by atoms with van der Waals surface area (Å²) in [5.74, 6) is -0.299. The van der Waals surface area contributed by atoms with E-state index in [-0.39, 0.29) is 23.8 Å². The molecule has 1 aliphatic heterocycles. The fourth-order valence-corrected chi connectivity index (χ4v) is 4.03. The van der Waals surface area contributed by atoms with Gasteiger partial charge in [-0.3, -0.25) is 0 Å². The van der Waals surface area contributed by atoms with Crippen molar-refractivity contribution in [1.82, 2.24) is 4.31 Å². The largest absolute Gasteiger partial charge is 0.492 e. The lowest BCUT2D eigenvalue weighted by atomic mass is 10.3. The number of sulfonamides is 1. The molecule has 0 aromatic heterocycles. The lowest BCUT2D eigenvalue weighted by molar-refractivity contribution is -0.0862. The average molecular weight is 365 g/mol. The molecule has 3 rings (SSSR count). The maximum Gasteiger partial charge on any atom is 0.265 e. The van der Waals surface area contributed by atoms with Crippen LogP contribution >= 0.6 is 0 Å². The lowest BCUT2D eigenvalue weighted by Crippen LogP contribution is -2.48. The minimum atomic E-state index is -4.15. The van der Waals surface area contributed by atoms with Crippen molar-refractivity contribution in [2.24, 2.45) is 5.92 Å². The zero-order chi connectivity index (χ0) is 17.3. The van der Waals surface area contributed by atoms with Gasteiger partial charge in [0.2, 0.25) is 10.0 Å². The lowest BCUT2D eigenvalue weighted by Gasteiger charge is -2.32. The molecular weight excluding hydrogens is 347 g/mol. The number of hydrogen-bond donors (Lipinski definition) is 0. The summed E-state index contributed by atoms with van der Waals surface area (Å²) >= 11 is 0. The number of halogens is 3. The number of alkyl halides is 2. The van der Waals surface area contributed by atoms with Gasteiger partial charge in [0.25, 0.3) is 6.43 Å². The molecule has 2 aliphatic rings. The summed E-state index contributed by atoms with van der Waals surface area (Å²) in [4.78, 5) is -0.335. The van der Waals surface area contributed by atoms with Gasteiger partial charge in [-0.25, -0.2) is 21.6 Å². The van der Waals surface area contributed by atoms with Gasteiger partial charge in [0, 0.05) is 13.1 Å². The number of rotatable bonds is 6. The van der Waals surface area contributed by atoms with Crippen LogP contribution < -0.4 is 4.74 Å². The third-order valence-corrected chi connectivity index (χ3v) is 5.92. The quantitative estimate of drug-likeness (QED) is 0.776. The maximum absolute atomic E-state index is 13.6. The standard InChI is InChI=1S/C15H18F3NO4S/c16-11-3-4-12(23-9-10-1-2-10)14(7-11)24(20,21)19-5-6-22-13(8-19)15(17)18/h3-4,7,10,13,15H,1-2,5-6,8-9H2. The predicted octanol–water partition coefficient (Wildman–Crippen LogP) is 2.27. The molecule has 1 saturated heterocycles. The second-order valence-corrected chi connectivity index (χ2v) is 7.86. The fourth-order valence-electron chi connectivity index (χ4n) is 2.46. The first-order valence-corrected chi connectivity index (χ1v) is 9.14. The van der Waals surface area contributed by atoms with Crippen molar-refractivity contribution in [2.45, 2.75) is 30.3 Å². The maximum atomic E-state index is 13.6. The van der Waals surface area contributed by atoms with Crippen molar-refractivity contribution in [3.8, 4) is 5.75 Å². The highest BCUT2D eigenvalue weighted by Gasteiger charge is 2.36. The van der Waals surface area contributed by atoms with Gasteiger partial charge in [-0.2, -0.15) is 4.31 Å². The van der Waals surface area contributed by atoms with E-state index >= 15 is 0 Å². The molecule has 1 aromatic carbocycles. The zero-order valence-corrected chi connectivity index (χ0v) is 13.6. The molecule has 1 heterocycles. The molecule has 1 saturated carbocycles. The summed E-state index contributed by atoms with van der Waals surface area (Å²) in [7, 11) is -4.15.